The third kappa shape index (κ3) is 2.41. The molecule has 1 fully saturated rings. The fourth-order valence-corrected chi connectivity index (χ4v) is 2.09. The molecule has 5 nitrogen and oxygen atoms in total. The number of aromatic nitrogens is 2. The van der Waals surface area contributed by atoms with Crippen LogP contribution in [0.1, 0.15) is 31.0 Å². The van der Waals surface area contributed by atoms with Crippen molar-refractivity contribution >= 4 is 5.91 Å². The zero-order chi connectivity index (χ0) is 11.4. The van der Waals surface area contributed by atoms with Gasteiger partial charge in [-0.25, -0.2) is 4.98 Å². The number of carbonyl (C=O) groups is 1. The van der Waals surface area contributed by atoms with Crippen molar-refractivity contribution in [2.45, 2.75) is 31.8 Å². The Bertz CT molecular complexity index is 355. The molecule has 1 unspecified atom stereocenters. The summed E-state index contributed by atoms with van der Waals surface area (Å²) < 4.78 is 1.92. The van der Waals surface area contributed by atoms with Crippen LogP contribution >= 0.6 is 0 Å². The first-order valence-corrected chi connectivity index (χ1v) is 5.75. The van der Waals surface area contributed by atoms with Crippen LogP contribution in [0.25, 0.3) is 0 Å². The topological polar surface area (TPSA) is 59.0 Å². The van der Waals surface area contributed by atoms with Crippen molar-refractivity contribution in [1.82, 2.24) is 20.2 Å². The molecule has 2 heterocycles. The van der Waals surface area contributed by atoms with Gasteiger partial charge in [0.1, 0.15) is 6.54 Å². The van der Waals surface area contributed by atoms with Crippen molar-refractivity contribution in [3.8, 4) is 0 Å². The van der Waals surface area contributed by atoms with E-state index < -0.39 is 0 Å². The lowest BCUT2D eigenvalue weighted by molar-refractivity contribution is -0.121. The number of imidazole rings is 1. The van der Waals surface area contributed by atoms with Crippen molar-refractivity contribution in [3.63, 3.8) is 0 Å². The predicted molar refractivity (Wildman–Crippen MR) is 60.9 cm³/mol. The second-order valence-corrected chi connectivity index (χ2v) is 4.12. The standard InChI is InChI=1S/C11H18N4O/c1-12-11(16)7-15-8-13-6-10(15)9-4-2-3-5-14-9/h6,8-9,14H,2-5,7H2,1H3,(H,12,16). The molecule has 1 aromatic rings. The Balaban J connectivity index is 2.08. The molecule has 0 bridgehead atoms. The highest BCUT2D eigenvalue weighted by Crippen LogP contribution is 2.22. The molecule has 88 valence electrons. The maximum absolute atomic E-state index is 11.3. The van der Waals surface area contributed by atoms with E-state index in [0.29, 0.717) is 12.6 Å². The monoisotopic (exact) mass is 222 g/mol. The smallest absolute Gasteiger partial charge is 0.239 e. The molecule has 16 heavy (non-hydrogen) atoms. The van der Waals surface area contributed by atoms with E-state index in [0.717, 1.165) is 18.7 Å². The summed E-state index contributed by atoms with van der Waals surface area (Å²) >= 11 is 0. The van der Waals surface area contributed by atoms with Crippen LogP contribution in [0.15, 0.2) is 12.5 Å². The summed E-state index contributed by atoms with van der Waals surface area (Å²) in [4.78, 5) is 15.5. The molecule has 0 spiro atoms. The Morgan fingerprint density at radius 2 is 2.56 bits per heavy atom. The average Bonchev–Trinajstić information content (AvgIpc) is 2.78. The lowest BCUT2D eigenvalue weighted by Crippen LogP contribution is -2.30. The minimum atomic E-state index is 0.00931. The van der Waals surface area contributed by atoms with Crippen LogP contribution in [0.4, 0.5) is 0 Å². The molecule has 2 N–H and O–H groups in total. The summed E-state index contributed by atoms with van der Waals surface area (Å²) in [6.45, 7) is 1.40. The maximum atomic E-state index is 11.3. The van der Waals surface area contributed by atoms with Gasteiger partial charge < -0.3 is 15.2 Å². The van der Waals surface area contributed by atoms with Crippen LogP contribution < -0.4 is 10.6 Å². The van der Waals surface area contributed by atoms with Crippen LogP contribution in [0.3, 0.4) is 0 Å². The van der Waals surface area contributed by atoms with Gasteiger partial charge in [-0.1, -0.05) is 6.42 Å². The second-order valence-electron chi connectivity index (χ2n) is 4.12. The van der Waals surface area contributed by atoms with E-state index >= 15 is 0 Å². The Kier molecular flexibility index (Phi) is 3.56. The van der Waals surface area contributed by atoms with Crippen LogP contribution in [0.5, 0.6) is 0 Å². The van der Waals surface area contributed by atoms with Gasteiger partial charge in [0.15, 0.2) is 0 Å². The average molecular weight is 222 g/mol. The highest BCUT2D eigenvalue weighted by Gasteiger charge is 2.18. The van der Waals surface area contributed by atoms with Crippen molar-refractivity contribution < 1.29 is 4.79 Å². The van der Waals surface area contributed by atoms with E-state index in [9.17, 15) is 4.79 Å². The number of likely N-dealkylation sites (N-methyl/N-ethyl adjacent to an activating group) is 1. The van der Waals surface area contributed by atoms with E-state index in [1.165, 1.54) is 12.8 Å². The maximum Gasteiger partial charge on any atom is 0.239 e. The van der Waals surface area contributed by atoms with Crippen LogP contribution in [0, 0.1) is 0 Å². The number of nitrogens with one attached hydrogen (secondary N) is 2. The Morgan fingerprint density at radius 3 is 3.25 bits per heavy atom. The normalized spacial score (nSPS) is 20.7. The zero-order valence-corrected chi connectivity index (χ0v) is 9.57. The Morgan fingerprint density at radius 1 is 1.69 bits per heavy atom. The number of amides is 1. The summed E-state index contributed by atoms with van der Waals surface area (Å²) in [6, 6.07) is 0.348. The third-order valence-corrected chi connectivity index (χ3v) is 3.00. The summed E-state index contributed by atoms with van der Waals surface area (Å²) in [5.41, 5.74) is 1.11. The lowest BCUT2D eigenvalue weighted by atomic mass is 10.0. The number of nitrogens with zero attached hydrogens (tertiary/aromatic N) is 2. The molecule has 0 saturated carbocycles. The highest BCUT2D eigenvalue weighted by atomic mass is 16.1. The molecular formula is C11H18N4O. The van der Waals surface area contributed by atoms with E-state index in [4.69, 9.17) is 0 Å². The quantitative estimate of drug-likeness (QED) is 0.780. The van der Waals surface area contributed by atoms with Crippen molar-refractivity contribution in [2.24, 2.45) is 0 Å². The van der Waals surface area contributed by atoms with Gasteiger partial charge in [-0.2, -0.15) is 0 Å². The molecule has 0 aliphatic carbocycles. The zero-order valence-electron chi connectivity index (χ0n) is 9.57. The second kappa shape index (κ2) is 5.12. The van der Waals surface area contributed by atoms with Crippen LogP contribution in [-0.2, 0) is 11.3 Å². The van der Waals surface area contributed by atoms with E-state index in [1.54, 1.807) is 13.4 Å². The van der Waals surface area contributed by atoms with Crippen molar-refractivity contribution in [2.75, 3.05) is 13.6 Å². The Labute approximate surface area is 95.2 Å². The highest BCUT2D eigenvalue weighted by molar-refractivity contribution is 5.75. The molecule has 1 aliphatic heterocycles. The summed E-state index contributed by atoms with van der Waals surface area (Å²) in [7, 11) is 1.65. The number of piperidine rings is 1. The molecule has 1 atom stereocenters. The number of hydrogen-bond acceptors (Lipinski definition) is 3. The number of rotatable bonds is 3. The van der Waals surface area contributed by atoms with E-state index in [1.807, 2.05) is 10.8 Å². The number of carbonyl (C=O) groups excluding carboxylic acids is 1. The predicted octanol–water partition coefficient (Wildman–Crippen LogP) is 0.444. The van der Waals surface area contributed by atoms with Crippen molar-refractivity contribution in [1.29, 1.82) is 0 Å². The van der Waals surface area contributed by atoms with Gasteiger partial charge in [-0.3, -0.25) is 4.79 Å². The summed E-state index contributed by atoms with van der Waals surface area (Å²) in [5.74, 6) is 0.00931. The van der Waals surface area contributed by atoms with Gasteiger partial charge in [-0.05, 0) is 19.4 Å². The fraction of sp³-hybridized carbons (Fsp3) is 0.636. The molecule has 1 aliphatic rings. The molecule has 2 rings (SSSR count). The van der Waals surface area contributed by atoms with Gasteiger partial charge in [-0.15, -0.1) is 0 Å². The third-order valence-electron chi connectivity index (χ3n) is 3.00. The summed E-state index contributed by atoms with van der Waals surface area (Å²) in [6.07, 6.45) is 7.18. The molecule has 1 aromatic heterocycles. The van der Waals surface area contributed by atoms with Gasteiger partial charge in [0.2, 0.25) is 5.91 Å². The Hall–Kier alpha value is -1.36. The molecule has 1 saturated heterocycles. The molecule has 0 aromatic carbocycles. The largest absolute Gasteiger partial charge is 0.358 e. The van der Waals surface area contributed by atoms with Gasteiger partial charge in [0.25, 0.3) is 0 Å². The van der Waals surface area contributed by atoms with Crippen molar-refractivity contribution in [3.05, 3.63) is 18.2 Å². The first-order valence-electron chi connectivity index (χ1n) is 5.75. The molecular weight excluding hydrogens is 204 g/mol. The SMILES string of the molecule is CNC(=O)Cn1cncc1C1CCCCN1. The number of hydrogen-bond donors (Lipinski definition) is 2. The molecule has 0 radical (unpaired) electrons. The minimum Gasteiger partial charge on any atom is -0.358 e. The van der Waals surface area contributed by atoms with Gasteiger partial charge in [0.05, 0.1) is 12.0 Å². The summed E-state index contributed by atoms with van der Waals surface area (Å²) in [5, 5.41) is 6.09. The van der Waals surface area contributed by atoms with Crippen LogP contribution in [-0.4, -0.2) is 29.1 Å². The lowest BCUT2D eigenvalue weighted by Gasteiger charge is -2.24. The van der Waals surface area contributed by atoms with E-state index in [2.05, 4.69) is 15.6 Å². The first-order chi connectivity index (χ1) is 7.81. The molecule has 5 heteroatoms. The first kappa shape index (κ1) is 11.1. The minimum absolute atomic E-state index is 0.00931. The van der Waals surface area contributed by atoms with Gasteiger partial charge >= 0.3 is 0 Å². The van der Waals surface area contributed by atoms with E-state index in [-0.39, 0.29) is 5.91 Å². The van der Waals surface area contributed by atoms with Crippen LogP contribution in [0.2, 0.25) is 0 Å². The van der Waals surface area contributed by atoms with Gasteiger partial charge in [0, 0.05) is 19.3 Å². The molecule has 1 amide bonds. The fourth-order valence-electron chi connectivity index (χ4n) is 2.09.